The number of piperazine rings is 1. The Morgan fingerprint density at radius 2 is 1.73 bits per heavy atom. The number of amides is 1. The Balaban J connectivity index is 0.00000625. The van der Waals surface area contributed by atoms with Crippen LogP contribution in [-0.4, -0.2) is 88.4 Å². The molecule has 9 nitrogen and oxygen atoms in total. The second-order valence-electron chi connectivity index (χ2n) is 5.56. The van der Waals surface area contributed by atoms with E-state index < -0.39 is 10.0 Å². The van der Waals surface area contributed by atoms with Gasteiger partial charge in [-0.3, -0.25) is 4.99 Å². The lowest BCUT2D eigenvalue weighted by Gasteiger charge is -2.35. The molecule has 1 amide bonds. The first-order valence-electron chi connectivity index (χ1n) is 8.85. The Kier molecular flexibility index (Phi) is 12.9. The van der Waals surface area contributed by atoms with E-state index in [1.807, 2.05) is 6.92 Å². The molecule has 1 fully saturated rings. The van der Waals surface area contributed by atoms with Crippen LogP contribution in [0.3, 0.4) is 0 Å². The van der Waals surface area contributed by atoms with E-state index in [9.17, 15) is 13.2 Å². The van der Waals surface area contributed by atoms with Crippen molar-refractivity contribution in [3.8, 4) is 0 Å². The molecule has 11 heteroatoms. The number of hydrogen-bond acceptors (Lipinski definition) is 5. The van der Waals surface area contributed by atoms with Gasteiger partial charge in [0.2, 0.25) is 10.0 Å². The number of aliphatic imine (C=N–C) groups is 1. The van der Waals surface area contributed by atoms with Crippen molar-refractivity contribution in [1.82, 2.24) is 19.8 Å². The Bertz CT molecular complexity index is 536. The monoisotopic (exact) mass is 505 g/mol. The van der Waals surface area contributed by atoms with E-state index in [0.717, 1.165) is 12.5 Å². The van der Waals surface area contributed by atoms with E-state index in [2.05, 4.69) is 19.9 Å². The van der Waals surface area contributed by atoms with Gasteiger partial charge in [-0.1, -0.05) is 0 Å². The molecule has 0 bridgehead atoms. The molecule has 26 heavy (non-hydrogen) atoms. The van der Waals surface area contributed by atoms with Gasteiger partial charge in [0.15, 0.2) is 5.96 Å². The molecule has 0 aromatic rings. The number of sulfonamides is 1. The summed E-state index contributed by atoms with van der Waals surface area (Å²) in [4.78, 5) is 20.1. The van der Waals surface area contributed by atoms with Gasteiger partial charge in [-0.15, -0.1) is 24.0 Å². The summed E-state index contributed by atoms with van der Waals surface area (Å²) in [7, 11) is -3.14. The first kappa shape index (κ1) is 25.2. The minimum Gasteiger partial charge on any atom is -0.450 e. The molecule has 1 saturated heterocycles. The van der Waals surface area contributed by atoms with Crippen LogP contribution in [0.5, 0.6) is 0 Å². The van der Waals surface area contributed by atoms with Gasteiger partial charge < -0.3 is 19.9 Å². The van der Waals surface area contributed by atoms with Crippen molar-refractivity contribution in [2.24, 2.45) is 4.99 Å². The molecule has 0 atom stereocenters. The standard InChI is InChI=1S/C15H31N5O4S.HI/c1-4-16-14(17-8-7-9-18-25(22,23)6-3)19-10-12-20(13-11-19)15(21)24-5-2;/h18H,4-13H2,1-3H3,(H,16,17);1H. The molecule has 0 aromatic heterocycles. The Hall–Kier alpha value is -0.820. The molecular formula is C15H32IN5O4S. The Morgan fingerprint density at radius 1 is 1.12 bits per heavy atom. The fourth-order valence-electron chi connectivity index (χ4n) is 2.34. The lowest BCUT2D eigenvalue weighted by Crippen LogP contribution is -2.54. The van der Waals surface area contributed by atoms with Gasteiger partial charge in [-0.2, -0.15) is 0 Å². The zero-order valence-corrected chi connectivity index (χ0v) is 19.0. The van der Waals surface area contributed by atoms with E-state index in [1.165, 1.54) is 0 Å². The molecule has 1 aliphatic heterocycles. The molecule has 0 saturated carbocycles. The highest BCUT2D eigenvalue weighted by molar-refractivity contribution is 14.0. The number of nitrogens with one attached hydrogen (secondary N) is 2. The molecule has 0 aromatic carbocycles. The van der Waals surface area contributed by atoms with Gasteiger partial charge >= 0.3 is 6.09 Å². The predicted octanol–water partition coefficient (Wildman–Crippen LogP) is 0.673. The summed E-state index contributed by atoms with van der Waals surface area (Å²) in [6, 6.07) is 0. The Labute approximate surface area is 174 Å². The van der Waals surface area contributed by atoms with Gasteiger partial charge in [0.25, 0.3) is 0 Å². The average Bonchev–Trinajstić information content (AvgIpc) is 2.61. The van der Waals surface area contributed by atoms with Crippen LogP contribution in [0.25, 0.3) is 0 Å². The highest BCUT2D eigenvalue weighted by atomic mass is 127. The SMILES string of the molecule is CCNC(=NCCCNS(=O)(=O)CC)N1CCN(C(=O)OCC)CC1.I. The van der Waals surface area contributed by atoms with Crippen molar-refractivity contribution >= 4 is 46.1 Å². The van der Waals surface area contributed by atoms with Crippen molar-refractivity contribution in [2.75, 3.05) is 58.2 Å². The molecule has 1 aliphatic rings. The molecule has 0 unspecified atom stereocenters. The molecule has 154 valence electrons. The molecule has 1 rings (SSSR count). The van der Waals surface area contributed by atoms with Crippen LogP contribution < -0.4 is 10.0 Å². The minimum atomic E-state index is -3.14. The summed E-state index contributed by atoms with van der Waals surface area (Å²) >= 11 is 0. The fourth-order valence-corrected chi connectivity index (χ4v) is 2.99. The number of rotatable bonds is 8. The normalized spacial score (nSPS) is 15.4. The summed E-state index contributed by atoms with van der Waals surface area (Å²) in [6.07, 6.45) is 0.365. The summed E-state index contributed by atoms with van der Waals surface area (Å²) in [5.41, 5.74) is 0. The largest absolute Gasteiger partial charge is 0.450 e. The first-order valence-corrected chi connectivity index (χ1v) is 10.5. The van der Waals surface area contributed by atoms with E-state index in [4.69, 9.17) is 4.74 Å². The minimum absolute atomic E-state index is 0. The van der Waals surface area contributed by atoms with Crippen LogP contribution in [0, 0.1) is 0 Å². The number of ether oxygens (including phenoxy) is 1. The van der Waals surface area contributed by atoms with E-state index in [-0.39, 0.29) is 35.8 Å². The maximum Gasteiger partial charge on any atom is 0.409 e. The van der Waals surface area contributed by atoms with Crippen LogP contribution >= 0.6 is 24.0 Å². The molecule has 2 N–H and O–H groups in total. The van der Waals surface area contributed by atoms with Crippen molar-refractivity contribution < 1.29 is 17.9 Å². The number of guanidine groups is 1. The third-order valence-electron chi connectivity index (χ3n) is 3.74. The van der Waals surface area contributed by atoms with Crippen LogP contribution in [0.2, 0.25) is 0 Å². The predicted molar refractivity (Wildman–Crippen MR) is 114 cm³/mol. The van der Waals surface area contributed by atoms with E-state index in [1.54, 1.807) is 18.7 Å². The number of halogens is 1. The van der Waals surface area contributed by atoms with Gasteiger partial charge in [-0.25, -0.2) is 17.9 Å². The van der Waals surface area contributed by atoms with Gasteiger partial charge in [0.05, 0.1) is 12.4 Å². The molecule has 0 spiro atoms. The zero-order valence-electron chi connectivity index (χ0n) is 15.9. The number of carbonyl (C=O) groups excluding carboxylic acids is 1. The third-order valence-corrected chi connectivity index (χ3v) is 5.14. The highest BCUT2D eigenvalue weighted by Crippen LogP contribution is 2.04. The van der Waals surface area contributed by atoms with Crippen LogP contribution in [0.1, 0.15) is 27.2 Å². The van der Waals surface area contributed by atoms with Gasteiger partial charge in [0, 0.05) is 45.8 Å². The van der Waals surface area contributed by atoms with Crippen molar-refractivity contribution in [2.45, 2.75) is 27.2 Å². The summed E-state index contributed by atoms with van der Waals surface area (Å²) in [5, 5.41) is 3.24. The van der Waals surface area contributed by atoms with Crippen LogP contribution in [-0.2, 0) is 14.8 Å². The van der Waals surface area contributed by atoms with Crippen LogP contribution in [0.15, 0.2) is 4.99 Å². The Morgan fingerprint density at radius 3 is 2.27 bits per heavy atom. The molecule has 0 aliphatic carbocycles. The second kappa shape index (κ2) is 13.4. The second-order valence-corrected chi connectivity index (χ2v) is 7.66. The lowest BCUT2D eigenvalue weighted by atomic mass is 10.3. The smallest absolute Gasteiger partial charge is 0.409 e. The number of carbonyl (C=O) groups is 1. The topological polar surface area (TPSA) is 103 Å². The lowest BCUT2D eigenvalue weighted by molar-refractivity contribution is 0.0914. The fraction of sp³-hybridized carbons (Fsp3) is 0.867. The molecular weight excluding hydrogens is 473 g/mol. The maximum absolute atomic E-state index is 11.7. The quantitative estimate of drug-likeness (QED) is 0.218. The number of nitrogens with zero attached hydrogens (tertiary/aromatic N) is 3. The van der Waals surface area contributed by atoms with E-state index in [0.29, 0.717) is 52.3 Å². The van der Waals surface area contributed by atoms with E-state index >= 15 is 0 Å². The maximum atomic E-state index is 11.7. The molecule has 1 heterocycles. The van der Waals surface area contributed by atoms with Crippen molar-refractivity contribution in [1.29, 1.82) is 0 Å². The summed E-state index contributed by atoms with van der Waals surface area (Å²) < 4.78 is 30.3. The highest BCUT2D eigenvalue weighted by Gasteiger charge is 2.23. The van der Waals surface area contributed by atoms with Crippen molar-refractivity contribution in [3.63, 3.8) is 0 Å². The third kappa shape index (κ3) is 9.21. The van der Waals surface area contributed by atoms with Gasteiger partial charge in [0.1, 0.15) is 0 Å². The zero-order chi connectivity index (χ0) is 18.7. The summed E-state index contributed by atoms with van der Waals surface area (Å²) in [5.74, 6) is 0.883. The average molecular weight is 505 g/mol. The number of hydrogen-bond donors (Lipinski definition) is 2. The van der Waals surface area contributed by atoms with Crippen LogP contribution in [0.4, 0.5) is 4.79 Å². The first-order chi connectivity index (χ1) is 11.9. The summed E-state index contributed by atoms with van der Waals surface area (Å²) in [6.45, 7) is 10.0. The van der Waals surface area contributed by atoms with Crippen molar-refractivity contribution in [3.05, 3.63) is 0 Å². The van der Waals surface area contributed by atoms with Gasteiger partial charge in [-0.05, 0) is 27.2 Å². The molecule has 0 radical (unpaired) electrons.